The van der Waals surface area contributed by atoms with Crippen molar-refractivity contribution in [3.05, 3.63) is 99.9 Å². The van der Waals surface area contributed by atoms with E-state index in [0.717, 1.165) is 26.8 Å². The fraction of sp³-hybridized carbons (Fsp3) is 0.0417. The lowest BCUT2D eigenvalue weighted by molar-refractivity contribution is 0.0735. The average molecular weight is 448 g/mol. The molecule has 5 nitrogen and oxygen atoms in total. The largest absolute Gasteiger partial charge is 0.423 e. The van der Waals surface area contributed by atoms with Gasteiger partial charge in [-0.15, -0.1) is 11.3 Å². The number of carbonyl (C=O) groups is 1. The zero-order valence-electron chi connectivity index (χ0n) is 16.6. The Hall–Kier alpha value is -3.48. The summed E-state index contributed by atoms with van der Waals surface area (Å²) in [4.78, 5) is 17.9. The Kier molecular flexibility index (Phi) is 6.40. The third-order valence-corrected chi connectivity index (χ3v) is 5.52. The van der Waals surface area contributed by atoms with Gasteiger partial charge in [0, 0.05) is 15.5 Å². The van der Waals surface area contributed by atoms with Crippen molar-refractivity contribution in [3.8, 4) is 17.0 Å². The van der Waals surface area contributed by atoms with Crippen molar-refractivity contribution in [2.45, 2.75) is 6.92 Å². The molecule has 7 heteroatoms. The molecule has 1 N–H and O–H groups in total. The molecule has 1 heterocycles. The van der Waals surface area contributed by atoms with E-state index in [-0.39, 0.29) is 0 Å². The van der Waals surface area contributed by atoms with E-state index in [2.05, 4.69) is 15.5 Å². The Morgan fingerprint density at radius 2 is 1.74 bits per heavy atom. The first-order chi connectivity index (χ1) is 15.1. The third kappa shape index (κ3) is 5.36. The van der Waals surface area contributed by atoms with Crippen LogP contribution in [0.4, 0.5) is 5.13 Å². The van der Waals surface area contributed by atoms with Crippen molar-refractivity contribution in [1.82, 2.24) is 4.98 Å². The fourth-order valence-electron chi connectivity index (χ4n) is 2.84. The number of carbonyl (C=O) groups excluding carboxylic acids is 1. The molecule has 4 aromatic rings. The Morgan fingerprint density at radius 1 is 1.03 bits per heavy atom. The van der Waals surface area contributed by atoms with E-state index in [1.165, 1.54) is 0 Å². The summed E-state index contributed by atoms with van der Waals surface area (Å²) in [6, 6.07) is 23.7. The second-order valence-corrected chi connectivity index (χ2v) is 8.26. The number of halogens is 1. The fourth-order valence-corrected chi connectivity index (χ4v) is 3.76. The van der Waals surface area contributed by atoms with Gasteiger partial charge in [-0.2, -0.15) is 5.10 Å². The molecule has 31 heavy (non-hydrogen) atoms. The van der Waals surface area contributed by atoms with Gasteiger partial charge in [0.1, 0.15) is 5.75 Å². The minimum Gasteiger partial charge on any atom is -0.423 e. The number of nitrogens with one attached hydrogen (secondary N) is 1. The molecule has 0 saturated carbocycles. The lowest BCUT2D eigenvalue weighted by Gasteiger charge is -2.04. The predicted molar refractivity (Wildman–Crippen MR) is 126 cm³/mol. The van der Waals surface area contributed by atoms with Crippen LogP contribution < -0.4 is 10.2 Å². The van der Waals surface area contributed by atoms with Crippen molar-refractivity contribution in [3.63, 3.8) is 0 Å². The van der Waals surface area contributed by atoms with Gasteiger partial charge < -0.3 is 4.74 Å². The van der Waals surface area contributed by atoms with Crippen molar-refractivity contribution in [1.29, 1.82) is 0 Å². The third-order valence-electron chi connectivity index (χ3n) is 4.39. The van der Waals surface area contributed by atoms with Gasteiger partial charge in [-0.3, -0.25) is 5.43 Å². The quantitative estimate of drug-likeness (QED) is 0.160. The van der Waals surface area contributed by atoms with Crippen LogP contribution in [0.2, 0.25) is 5.02 Å². The zero-order valence-corrected chi connectivity index (χ0v) is 18.2. The molecule has 0 spiro atoms. The van der Waals surface area contributed by atoms with Gasteiger partial charge in [-0.1, -0.05) is 41.9 Å². The molecule has 0 unspecified atom stereocenters. The highest BCUT2D eigenvalue weighted by atomic mass is 35.5. The van der Waals surface area contributed by atoms with Gasteiger partial charge in [0.2, 0.25) is 5.13 Å². The number of ether oxygens (including phenoxy) is 1. The summed E-state index contributed by atoms with van der Waals surface area (Å²) in [6.07, 6.45) is 1.68. The number of esters is 1. The minimum absolute atomic E-state index is 0.437. The molecule has 3 aromatic carbocycles. The van der Waals surface area contributed by atoms with Crippen LogP contribution in [0.15, 0.2) is 84.0 Å². The lowest BCUT2D eigenvalue weighted by atomic mass is 10.1. The molecule has 0 radical (unpaired) electrons. The average Bonchev–Trinajstić information content (AvgIpc) is 3.16. The second-order valence-electron chi connectivity index (χ2n) is 6.63. The van der Waals surface area contributed by atoms with E-state index in [1.807, 2.05) is 49.4 Å². The Balaban J connectivity index is 1.36. The molecule has 0 amide bonds. The number of nitrogens with zero attached hydrogens (tertiary/aromatic N) is 2. The molecule has 0 aliphatic heterocycles. The molecule has 0 atom stereocenters. The first-order valence-corrected chi connectivity index (χ1v) is 10.7. The van der Waals surface area contributed by atoms with Gasteiger partial charge in [0.15, 0.2) is 0 Å². The highest BCUT2D eigenvalue weighted by Crippen LogP contribution is 2.30. The highest BCUT2D eigenvalue weighted by Gasteiger charge is 2.09. The van der Waals surface area contributed by atoms with Crippen LogP contribution >= 0.6 is 22.9 Å². The summed E-state index contributed by atoms with van der Waals surface area (Å²) in [6.45, 7) is 2.04. The Bertz CT molecular complexity index is 1200. The maximum Gasteiger partial charge on any atom is 0.343 e. The van der Waals surface area contributed by atoms with E-state index in [1.54, 1.807) is 53.9 Å². The van der Waals surface area contributed by atoms with Crippen molar-refractivity contribution < 1.29 is 9.53 Å². The maximum absolute atomic E-state index is 12.2. The number of aryl methyl sites for hydroxylation is 1. The number of hydrogen-bond donors (Lipinski definition) is 1. The molecule has 1 aromatic heterocycles. The van der Waals surface area contributed by atoms with Crippen LogP contribution in [0.3, 0.4) is 0 Å². The van der Waals surface area contributed by atoms with Crippen LogP contribution in [0.5, 0.6) is 5.75 Å². The van der Waals surface area contributed by atoms with E-state index < -0.39 is 5.97 Å². The summed E-state index contributed by atoms with van der Waals surface area (Å²) in [5, 5.41) is 5.55. The van der Waals surface area contributed by atoms with Crippen LogP contribution in [0, 0.1) is 6.92 Å². The second kappa shape index (κ2) is 9.55. The summed E-state index contributed by atoms with van der Waals surface area (Å²) < 4.78 is 5.38. The smallest absolute Gasteiger partial charge is 0.343 e. The summed E-state index contributed by atoms with van der Waals surface area (Å²) in [7, 11) is 0. The first kappa shape index (κ1) is 20.8. The van der Waals surface area contributed by atoms with E-state index in [4.69, 9.17) is 16.3 Å². The molecule has 154 valence electrons. The first-order valence-electron chi connectivity index (χ1n) is 9.48. The van der Waals surface area contributed by atoms with Gasteiger partial charge in [-0.05, 0) is 61.0 Å². The maximum atomic E-state index is 12.2. The molecule has 0 aliphatic carbocycles. The number of benzene rings is 3. The topological polar surface area (TPSA) is 63.6 Å². The number of hydrazone groups is 1. The number of hydrogen-bond acceptors (Lipinski definition) is 6. The highest BCUT2D eigenvalue weighted by molar-refractivity contribution is 7.16. The molecule has 4 rings (SSSR count). The van der Waals surface area contributed by atoms with E-state index in [0.29, 0.717) is 16.3 Å². The summed E-state index contributed by atoms with van der Waals surface area (Å²) in [5.74, 6) is 0.0150. The number of aromatic nitrogens is 1. The number of rotatable bonds is 6. The van der Waals surface area contributed by atoms with Gasteiger partial charge in [-0.25, -0.2) is 9.78 Å². The van der Waals surface area contributed by atoms with Gasteiger partial charge >= 0.3 is 5.97 Å². The monoisotopic (exact) mass is 447 g/mol. The molecule has 0 bridgehead atoms. The normalized spacial score (nSPS) is 10.9. The van der Waals surface area contributed by atoms with E-state index in [9.17, 15) is 4.79 Å². The van der Waals surface area contributed by atoms with Crippen LogP contribution in [-0.4, -0.2) is 17.2 Å². The van der Waals surface area contributed by atoms with Crippen molar-refractivity contribution in [2.75, 3.05) is 5.43 Å². The molecular formula is C24H18ClN3O2S. The minimum atomic E-state index is -0.437. The molecule has 0 aliphatic rings. The zero-order chi connectivity index (χ0) is 21.6. The Labute approximate surface area is 189 Å². The van der Waals surface area contributed by atoms with E-state index >= 15 is 0 Å². The number of thiazole rings is 1. The molecular weight excluding hydrogens is 430 g/mol. The summed E-state index contributed by atoms with van der Waals surface area (Å²) >= 11 is 7.39. The Morgan fingerprint density at radius 3 is 2.45 bits per heavy atom. The van der Waals surface area contributed by atoms with Crippen LogP contribution in [-0.2, 0) is 0 Å². The van der Waals surface area contributed by atoms with Crippen molar-refractivity contribution >= 4 is 40.3 Å². The van der Waals surface area contributed by atoms with Crippen LogP contribution in [0.25, 0.3) is 11.3 Å². The lowest BCUT2D eigenvalue weighted by Crippen LogP contribution is -2.08. The SMILES string of the molecule is Cc1sc(N/N=C\c2ccc(OC(=O)c3ccc(Cl)cc3)cc2)nc1-c1ccccc1. The van der Waals surface area contributed by atoms with Gasteiger partial charge in [0.25, 0.3) is 0 Å². The molecule has 0 fully saturated rings. The van der Waals surface area contributed by atoms with Crippen LogP contribution in [0.1, 0.15) is 20.8 Å². The number of anilines is 1. The van der Waals surface area contributed by atoms with Gasteiger partial charge in [0.05, 0.1) is 17.5 Å². The predicted octanol–water partition coefficient (Wildman–Crippen LogP) is 6.44. The van der Waals surface area contributed by atoms with Crippen molar-refractivity contribution in [2.24, 2.45) is 5.10 Å². The standard InChI is InChI=1S/C24H18ClN3O2S/c1-16-22(18-5-3-2-4-6-18)27-24(31-16)28-26-15-17-7-13-21(14-8-17)30-23(29)19-9-11-20(25)12-10-19/h2-15H,1H3,(H,27,28)/b26-15-. The summed E-state index contributed by atoms with van der Waals surface area (Å²) in [5.41, 5.74) is 6.31. The molecule has 0 saturated heterocycles.